The first kappa shape index (κ1) is 19.4. The van der Waals surface area contributed by atoms with E-state index in [0.29, 0.717) is 16.8 Å². The zero-order chi connectivity index (χ0) is 21.8. The van der Waals surface area contributed by atoms with Gasteiger partial charge in [-0.3, -0.25) is 9.59 Å². The van der Waals surface area contributed by atoms with Crippen LogP contribution in [0.25, 0.3) is 6.08 Å². The summed E-state index contributed by atoms with van der Waals surface area (Å²) < 4.78 is 21.3. The molecule has 0 N–H and O–H groups in total. The van der Waals surface area contributed by atoms with Crippen molar-refractivity contribution in [3.8, 4) is 0 Å². The van der Waals surface area contributed by atoms with Gasteiger partial charge in [-0.25, -0.2) is 9.29 Å². The maximum atomic E-state index is 14.9. The Morgan fingerprint density at radius 1 is 0.903 bits per heavy atom. The Morgan fingerprint density at radius 2 is 1.58 bits per heavy atom. The molecule has 3 aromatic carbocycles. The monoisotopic (exact) mass is 413 g/mol. The zero-order valence-corrected chi connectivity index (χ0v) is 17.1. The van der Waals surface area contributed by atoms with Crippen molar-refractivity contribution < 1.29 is 18.7 Å². The van der Waals surface area contributed by atoms with Gasteiger partial charge in [0.25, 0.3) is 11.8 Å². The van der Waals surface area contributed by atoms with Crippen LogP contribution in [-0.2, 0) is 19.9 Å². The van der Waals surface area contributed by atoms with Gasteiger partial charge in [-0.05, 0) is 54.8 Å². The molecule has 2 aliphatic heterocycles. The number of carbonyl (C=O) groups excluding carboxylic acids is 2. The Kier molecular flexibility index (Phi) is 4.38. The van der Waals surface area contributed by atoms with Crippen molar-refractivity contribution >= 4 is 23.6 Å². The smallest absolute Gasteiger partial charge is 0.268 e. The van der Waals surface area contributed by atoms with Crippen LogP contribution in [0.5, 0.6) is 0 Å². The number of carbonyl (C=O) groups is 2. The minimum atomic E-state index is -1.27. The second-order valence-corrected chi connectivity index (χ2v) is 7.96. The van der Waals surface area contributed by atoms with Gasteiger partial charge in [0.05, 0.1) is 11.3 Å². The van der Waals surface area contributed by atoms with E-state index in [2.05, 4.69) is 0 Å². The SMILES string of the molecule is Cc1cccc2c1C=C1C(=O)N(c3ccccc3)C(=O)[C@H]1O[C@]2(C)c1ccccc1F. The third kappa shape index (κ3) is 2.85. The molecule has 31 heavy (non-hydrogen) atoms. The van der Waals surface area contributed by atoms with Crippen molar-refractivity contribution in [2.24, 2.45) is 0 Å². The average Bonchev–Trinajstić information content (AvgIpc) is 2.90. The van der Waals surface area contributed by atoms with Gasteiger partial charge in [-0.2, -0.15) is 0 Å². The quantitative estimate of drug-likeness (QED) is 0.570. The van der Waals surface area contributed by atoms with Crippen LogP contribution in [0.2, 0.25) is 0 Å². The van der Waals surface area contributed by atoms with Crippen LogP contribution in [0, 0.1) is 12.7 Å². The number of hydrogen-bond acceptors (Lipinski definition) is 3. The van der Waals surface area contributed by atoms with Crippen molar-refractivity contribution in [2.45, 2.75) is 25.6 Å². The highest BCUT2D eigenvalue weighted by Crippen LogP contribution is 2.45. The molecular weight excluding hydrogens is 393 g/mol. The van der Waals surface area contributed by atoms with Gasteiger partial charge in [0.2, 0.25) is 0 Å². The maximum Gasteiger partial charge on any atom is 0.268 e. The Hall–Kier alpha value is -3.57. The van der Waals surface area contributed by atoms with Crippen molar-refractivity contribution in [2.75, 3.05) is 4.90 Å². The summed E-state index contributed by atoms with van der Waals surface area (Å²) in [6.45, 7) is 3.68. The van der Waals surface area contributed by atoms with Gasteiger partial charge in [-0.1, -0.05) is 54.6 Å². The van der Waals surface area contributed by atoms with Crippen molar-refractivity contribution in [3.63, 3.8) is 0 Å². The van der Waals surface area contributed by atoms with E-state index in [1.807, 2.05) is 31.2 Å². The number of benzene rings is 3. The molecule has 1 fully saturated rings. The zero-order valence-electron chi connectivity index (χ0n) is 17.1. The van der Waals surface area contributed by atoms with Crippen LogP contribution in [-0.4, -0.2) is 17.9 Å². The lowest BCUT2D eigenvalue weighted by Gasteiger charge is -2.33. The molecule has 2 atom stereocenters. The number of nitrogens with zero attached hydrogens (tertiary/aromatic N) is 1. The minimum Gasteiger partial charge on any atom is -0.348 e. The van der Waals surface area contributed by atoms with Crippen molar-refractivity contribution in [3.05, 3.63) is 106 Å². The Bertz CT molecular complexity index is 1250. The highest BCUT2D eigenvalue weighted by Gasteiger charge is 2.51. The molecule has 0 unspecified atom stereocenters. The molecule has 3 aromatic rings. The van der Waals surface area contributed by atoms with Crippen LogP contribution >= 0.6 is 0 Å². The van der Waals surface area contributed by atoms with Gasteiger partial charge >= 0.3 is 0 Å². The second-order valence-electron chi connectivity index (χ2n) is 7.96. The first-order valence-electron chi connectivity index (χ1n) is 10.1. The highest BCUT2D eigenvalue weighted by atomic mass is 19.1. The Labute approximate surface area is 179 Å². The van der Waals surface area contributed by atoms with E-state index in [1.165, 1.54) is 6.07 Å². The van der Waals surface area contributed by atoms with Crippen LogP contribution in [0.3, 0.4) is 0 Å². The van der Waals surface area contributed by atoms with Crippen molar-refractivity contribution in [1.82, 2.24) is 0 Å². The Balaban J connectivity index is 1.74. The van der Waals surface area contributed by atoms with E-state index >= 15 is 0 Å². The molecule has 2 heterocycles. The molecule has 0 radical (unpaired) electrons. The molecule has 1 saturated heterocycles. The fraction of sp³-hybridized carbons (Fsp3) is 0.154. The van der Waals surface area contributed by atoms with E-state index < -0.39 is 29.3 Å². The number of amides is 2. The molecule has 5 heteroatoms. The predicted molar refractivity (Wildman–Crippen MR) is 116 cm³/mol. The largest absolute Gasteiger partial charge is 0.348 e. The van der Waals surface area contributed by atoms with Crippen LogP contribution in [0.1, 0.15) is 29.2 Å². The summed E-state index contributed by atoms with van der Waals surface area (Å²) in [4.78, 5) is 27.9. The number of anilines is 1. The lowest BCUT2D eigenvalue weighted by Crippen LogP contribution is -2.38. The van der Waals surface area contributed by atoms with Crippen molar-refractivity contribution in [1.29, 1.82) is 0 Å². The molecular formula is C26H20FNO3. The van der Waals surface area contributed by atoms with E-state index in [1.54, 1.807) is 55.5 Å². The number of aryl methyl sites for hydroxylation is 1. The topological polar surface area (TPSA) is 46.6 Å². The summed E-state index contributed by atoms with van der Waals surface area (Å²) >= 11 is 0. The summed E-state index contributed by atoms with van der Waals surface area (Å²) in [7, 11) is 0. The van der Waals surface area contributed by atoms with Gasteiger partial charge in [0, 0.05) is 5.56 Å². The number of ether oxygens (including phenoxy) is 1. The van der Waals surface area contributed by atoms with Gasteiger partial charge in [-0.15, -0.1) is 0 Å². The van der Waals surface area contributed by atoms with Crippen LogP contribution in [0.4, 0.5) is 10.1 Å². The average molecular weight is 413 g/mol. The first-order valence-corrected chi connectivity index (χ1v) is 10.1. The maximum absolute atomic E-state index is 14.9. The number of imide groups is 1. The second kappa shape index (κ2) is 7.00. The lowest BCUT2D eigenvalue weighted by molar-refractivity contribution is -0.133. The third-order valence-electron chi connectivity index (χ3n) is 6.07. The molecule has 5 rings (SSSR count). The van der Waals surface area contributed by atoms with Gasteiger partial charge < -0.3 is 4.74 Å². The fourth-order valence-electron chi connectivity index (χ4n) is 4.46. The van der Waals surface area contributed by atoms with E-state index in [-0.39, 0.29) is 5.57 Å². The lowest BCUT2D eigenvalue weighted by atomic mass is 9.83. The Morgan fingerprint density at radius 3 is 2.32 bits per heavy atom. The van der Waals surface area contributed by atoms with Gasteiger partial charge in [0.1, 0.15) is 11.4 Å². The fourth-order valence-corrected chi connectivity index (χ4v) is 4.46. The summed E-state index contributed by atoms with van der Waals surface area (Å²) in [6.07, 6.45) is 0.592. The van der Waals surface area contributed by atoms with Gasteiger partial charge in [0.15, 0.2) is 6.10 Å². The molecule has 0 aromatic heterocycles. The summed E-state index contributed by atoms with van der Waals surface area (Å²) in [5.74, 6) is -1.33. The molecule has 2 aliphatic rings. The van der Waals surface area contributed by atoms with Crippen LogP contribution < -0.4 is 4.90 Å². The number of rotatable bonds is 2. The standard InChI is InChI=1S/C26H20FNO3/c1-16-9-8-13-20-18(16)15-19-23(31-26(20,2)21-12-6-7-14-22(21)27)25(30)28(24(19)29)17-10-4-3-5-11-17/h3-15,23H,1-2H3/t23-,26-/m0/s1. The summed E-state index contributed by atoms with van der Waals surface area (Å²) in [5, 5.41) is 0. The third-order valence-corrected chi connectivity index (χ3v) is 6.07. The van der Waals surface area contributed by atoms with E-state index in [4.69, 9.17) is 4.74 Å². The molecule has 2 amide bonds. The number of halogens is 1. The first-order chi connectivity index (χ1) is 14.9. The summed E-state index contributed by atoms with van der Waals surface area (Å²) in [6, 6.07) is 20.8. The molecule has 0 aliphatic carbocycles. The number of hydrogen-bond donors (Lipinski definition) is 0. The molecule has 0 saturated carbocycles. The van der Waals surface area contributed by atoms with E-state index in [9.17, 15) is 14.0 Å². The number of para-hydroxylation sites is 1. The normalized spacial score (nSPS) is 22.6. The molecule has 4 nitrogen and oxygen atoms in total. The number of fused-ring (bicyclic) bond motifs is 2. The minimum absolute atomic E-state index is 0.254. The summed E-state index contributed by atoms with van der Waals surface area (Å²) in [5.41, 5.74) is 2.17. The molecule has 0 spiro atoms. The van der Waals surface area contributed by atoms with E-state index in [0.717, 1.165) is 16.0 Å². The highest BCUT2D eigenvalue weighted by molar-refractivity contribution is 6.32. The predicted octanol–water partition coefficient (Wildman–Crippen LogP) is 4.75. The molecule has 154 valence electrons. The molecule has 0 bridgehead atoms. The van der Waals surface area contributed by atoms with Crippen LogP contribution in [0.15, 0.2) is 78.4 Å².